The minimum Gasteiger partial charge on any atom is -0.309 e. The van der Waals surface area contributed by atoms with Gasteiger partial charge in [-0.2, -0.15) is 0 Å². The van der Waals surface area contributed by atoms with Crippen molar-refractivity contribution in [1.82, 2.24) is 9.13 Å². The zero-order valence-electron chi connectivity index (χ0n) is 33.3. The van der Waals surface area contributed by atoms with Gasteiger partial charge in [-0.15, -0.1) is 0 Å². The van der Waals surface area contributed by atoms with Crippen LogP contribution in [0.15, 0.2) is 194 Å². The van der Waals surface area contributed by atoms with Crippen LogP contribution in [-0.4, -0.2) is 9.13 Å². The SMILES string of the molecule is CC1(C)c2ccccc2-c2ccc(-n3c4ccccc4c4cc(-c5ccc6c(c5)c5ccccc5n6-c5cc(C6=CCCC=C6)cc(-c6ccccc6)c5)ccc43)cc21. The van der Waals surface area contributed by atoms with Crippen molar-refractivity contribution in [3.05, 3.63) is 211 Å². The molecule has 280 valence electrons. The highest BCUT2D eigenvalue weighted by Crippen LogP contribution is 2.49. The molecule has 2 heterocycles. The van der Waals surface area contributed by atoms with E-state index < -0.39 is 0 Å². The van der Waals surface area contributed by atoms with Gasteiger partial charge in [-0.1, -0.05) is 141 Å². The van der Waals surface area contributed by atoms with Crippen LogP contribution < -0.4 is 0 Å². The first kappa shape index (κ1) is 33.9. The monoisotopic (exact) mass is 754 g/mol. The summed E-state index contributed by atoms with van der Waals surface area (Å²) in [5.74, 6) is 0. The summed E-state index contributed by atoms with van der Waals surface area (Å²) in [4.78, 5) is 0. The molecule has 0 N–H and O–H groups in total. The van der Waals surface area contributed by atoms with E-state index in [2.05, 4.69) is 217 Å². The van der Waals surface area contributed by atoms with Crippen molar-refractivity contribution in [2.75, 3.05) is 0 Å². The lowest BCUT2D eigenvalue weighted by Crippen LogP contribution is -2.15. The highest BCUT2D eigenvalue weighted by Gasteiger charge is 2.35. The number of hydrogen-bond donors (Lipinski definition) is 0. The van der Waals surface area contributed by atoms with Crippen LogP contribution >= 0.6 is 0 Å². The normalized spacial score (nSPS) is 14.3. The lowest BCUT2D eigenvalue weighted by molar-refractivity contribution is 0.660. The Morgan fingerprint density at radius 1 is 0.390 bits per heavy atom. The van der Waals surface area contributed by atoms with Crippen molar-refractivity contribution in [3.8, 4) is 44.8 Å². The van der Waals surface area contributed by atoms with Crippen LogP contribution in [0, 0.1) is 0 Å². The van der Waals surface area contributed by atoms with Crippen molar-refractivity contribution in [3.63, 3.8) is 0 Å². The second kappa shape index (κ2) is 12.9. The molecule has 2 aliphatic rings. The first-order valence-electron chi connectivity index (χ1n) is 20.9. The lowest BCUT2D eigenvalue weighted by Gasteiger charge is -2.22. The van der Waals surface area contributed by atoms with Crippen LogP contribution in [0.25, 0.3) is 93.9 Å². The Morgan fingerprint density at radius 3 is 1.68 bits per heavy atom. The van der Waals surface area contributed by atoms with Crippen LogP contribution in [0.2, 0.25) is 0 Å². The molecule has 59 heavy (non-hydrogen) atoms. The molecule has 2 nitrogen and oxygen atoms in total. The van der Waals surface area contributed by atoms with Crippen LogP contribution in [0.1, 0.15) is 43.4 Å². The zero-order chi connectivity index (χ0) is 39.2. The van der Waals surface area contributed by atoms with E-state index in [0.29, 0.717) is 0 Å². The van der Waals surface area contributed by atoms with Gasteiger partial charge in [0.05, 0.1) is 22.1 Å². The number of benzene rings is 8. The average Bonchev–Trinajstić information content (AvgIpc) is 3.89. The summed E-state index contributed by atoms with van der Waals surface area (Å²) < 4.78 is 4.92. The molecule has 0 fully saturated rings. The molecule has 0 atom stereocenters. The molecule has 2 aromatic heterocycles. The van der Waals surface area contributed by atoms with Gasteiger partial charge in [0.1, 0.15) is 0 Å². The highest BCUT2D eigenvalue weighted by atomic mass is 15.0. The van der Waals surface area contributed by atoms with E-state index in [4.69, 9.17) is 0 Å². The number of nitrogens with zero attached hydrogens (tertiary/aromatic N) is 2. The Bertz CT molecular complexity index is 3400. The first-order chi connectivity index (χ1) is 29.0. The van der Waals surface area contributed by atoms with Gasteiger partial charge in [-0.25, -0.2) is 0 Å². The Balaban J connectivity index is 1.01. The molecular weight excluding hydrogens is 713 g/mol. The van der Waals surface area contributed by atoms with Crippen molar-refractivity contribution in [2.24, 2.45) is 0 Å². The molecule has 2 aliphatic carbocycles. The fraction of sp³-hybridized carbons (Fsp3) is 0.0877. The van der Waals surface area contributed by atoms with E-state index in [1.54, 1.807) is 0 Å². The molecule has 0 radical (unpaired) electrons. The van der Waals surface area contributed by atoms with E-state index in [1.807, 2.05) is 0 Å². The minimum absolute atomic E-state index is 0.0626. The molecule has 0 bridgehead atoms. The second-order valence-electron chi connectivity index (χ2n) is 16.8. The predicted molar refractivity (Wildman–Crippen MR) is 250 cm³/mol. The Morgan fingerprint density at radius 2 is 0.983 bits per heavy atom. The van der Waals surface area contributed by atoms with Crippen molar-refractivity contribution < 1.29 is 0 Å². The third-order valence-electron chi connectivity index (χ3n) is 13.1. The molecule has 0 spiro atoms. The Hall–Kier alpha value is -7.16. The molecule has 0 saturated heterocycles. The summed E-state index contributed by atoms with van der Waals surface area (Å²) in [7, 11) is 0. The maximum atomic E-state index is 2.46. The van der Waals surface area contributed by atoms with E-state index in [9.17, 15) is 0 Å². The highest BCUT2D eigenvalue weighted by molar-refractivity contribution is 6.13. The number of allylic oxidation sites excluding steroid dienone is 4. The van der Waals surface area contributed by atoms with Gasteiger partial charge in [0, 0.05) is 38.3 Å². The molecule has 10 aromatic rings. The van der Waals surface area contributed by atoms with Crippen LogP contribution in [0.4, 0.5) is 0 Å². The molecule has 0 saturated carbocycles. The molecule has 0 amide bonds. The molecule has 0 aliphatic heterocycles. The smallest absolute Gasteiger partial charge is 0.0541 e. The zero-order valence-corrected chi connectivity index (χ0v) is 33.3. The molecule has 2 heteroatoms. The van der Waals surface area contributed by atoms with Crippen molar-refractivity contribution in [1.29, 1.82) is 0 Å². The summed E-state index contributed by atoms with van der Waals surface area (Å²) in [5, 5.41) is 5.04. The first-order valence-corrected chi connectivity index (χ1v) is 20.9. The van der Waals surface area contributed by atoms with Crippen LogP contribution in [0.5, 0.6) is 0 Å². The number of fused-ring (bicyclic) bond motifs is 9. The van der Waals surface area contributed by atoms with Gasteiger partial charge in [0.15, 0.2) is 0 Å². The number of aromatic nitrogens is 2. The average molecular weight is 755 g/mol. The van der Waals surface area contributed by atoms with Gasteiger partial charge in [-0.05, 0) is 135 Å². The Kier molecular flexibility index (Phi) is 7.43. The molecule has 0 unspecified atom stereocenters. The van der Waals surface area contributed by atoms with E-state index in [-0.39, 0.29) is 5.41 Å². The van der Waals surface area contributed by atoms with E-state index in [1.165, 1.54) is 111 Å². The van der Waals surface area contributed by atoms with E-state index in [0.717, 1.165) is 12.8 Å². The quantitative estimate of drug-likeness (QED) is 0.166. The standard InChI is InChI=1S/C57H42N2/c1-57(2)51-22-12-9-19-45(51)46-28-27-43(36-52(46)57)58-53-23-13-10-20-47(53)49-34-39(25-29-55(49)58)40-26-30-56-50(35-40)48-21-11-14-24-54(48)59(56)44-32-41(37-15-5-3-6-16-37)31-42(33-44)38-17-7-4-8-18-38/h3,5-7,9-36H,4,8H2,1-2H3. The molecular formula is C57H42N2. The summed E-state index contributed by atoms with van der Waals surface area (Å²) in [6.45, 7) is 4.72. The second-order valence-corrected chi connectivity index (χ2v) is 16.8. The van der Waals surface area contributed by atoms with Crippen LogP contribution in [0.3, 0.4) is 0 Å². The summed E-state index contributed by atoms with van der Waals surface area (Å²) in [6.07, 6.45) is 9.14. The maximum Gasteiger partial charge on any atom is 0.0541 e. The van der Waals surface area contributed by atoms with Gasteiger partial charge in [0.2, 0.25) is 0 Å². The molecule has 12 rings (SSSR count). The maximum absolute atomic E-state index is 2.46. The molecule has 8 aromatic carbocycles. The van der Waals surface area contributed by atoms with Crippen molar-refractivity contribution in [2.45, 2.75) is 32.1 Å². The third-order valence-corrected chi connectivity index (χ3v) is 13.1. The van der Waals surface area contributed by atoms with Gasteiger partial charge in [0.25, 0.3) is 0 Å². The van der Waals surface area contributed by atoms with Gasteiger partial charge < -0.3 is 9.13 Å². The number of hydrogen-bond acceptors (Lipinski definition) is 0. The predicted octanol–water partition coefficient (Wildman–Crippen LogP) is 15.3. The fourth-order valence-electron chi connectivity index (χ4n) is 10.2. The topological polar surface area (TPSA) is 9.86 Å². The van der Waals surface area contributed by atoms with Gasteiger partial charge in [-0.3, -0.25) is 0 Å². The summed E-state index contributed by atoms with van der Waals surface area (Å²) in [6, 6.07) is 65.7. The van der Waals surface area contributed by atoms with E-state index >= 15 is 0 Å². The fourth-order valence-corrected chi connectivity index (χ4v) is 10.2. The van der Waals surface area contributed by atoms with Gasteiger partial charge >= 0.3 is 0 Å². The van der Waals surface area contributed by atoms with Crippen molar-refractivity contribution >= 4 is 49.2 Å². The lowest BCUT2D eigenvalue weighted by atomic mass is 9.82. The largest absolute Gasteiger partial charge is 0.309 e. The minimum atomic E-state index is -0.0626. The van der Waals surface area contributed by atoms with Crippen LogP contribution in [-0.2, 0) is 5.41 Å². The Labute approximate surface area is 344 Å². The third kappa shape index (κ3) is 5.19. The number of para-hydroxylation sites is 2. The number of rotatable bonds is 5. The summed E-state index contributed by atoms with van der Waals surface area (Å²) >= 11 is 0. The summed E-state index contributed by atoms with van der Waals surface area (Å²) in [5.41, 5.74) is 20.1.